The maximum Gasteiger partial charge on any atom is 0.227 e. The molecule has 1 aromatic rings. The van der Waals surface area contributed by atoms with Crippen molar-refractivity contribution in [2.75, 3.05) is 23.3 Å². The zero-order valence-electron chi connectivity index (χ0n) is 9.70. The van der Waals surface area contributed by atoms with E-state index < -0.39 is 0 Å². The maximum atomic E-state index is 11.5. The molecule has 0 spiro atoms. The molecule has 3 heteroatoms. The van der Waals surface area contributed by atoms with E-state index in [0.717, 1.165) is 37.3 Å². The Kier molecular flexibility index (Phi) is 3.44. The molecule has 1 aliphatic rings. The quantitative estimate of drug-likeness (QED) is 0.842. The highest BCUT2D eigenvalue weighted by Crippen LogP contribution is 2.22. The Labute approximate surface area is 96.5 Å². The van der Waals surface area contributed by atoms with E-state index >= 15 is 0 Å². The number of carbonyl (C=O) groups excluding carboxylic acids is 1. The van der Waals surface area contributed by atoms with Gasteiger partial charge in [0.25, 0.3) is 0 Å². The minimum Gasteiger partial charge on any atom is -0.385 e. The van der Waals surface area contributed by atoms with Crippen molar-refractivity contribution in [1.29, 1.82) is 0 Å². The van der Waals surface area contributed by atoms with Gasteiger partial charge in [0.1, 0.15) is 0 Å². The number of rotatable bonds is 4. The smallest absolute Gasteiger partial charge is 0.227 e. The molecule has 2 rings (SSSR count). The Hall–Kier alpha value is -1.51. The molecule has 0 atom stereocenters. The van der Waals surface area contributed by atoms with Crippen molar-refractivity contribution < 1.29 is 4.79 Å². The topological polar surface area (TPSA) is 32.3 Å². The van der Waals surface area contributed by atoms with E-state index in [2.05, 4.69) is 12.2 Å². The SMILES string of the molecule is CCCNc1ccc(N2CCCC2=O)cc1. The first-order chi connectivity index (χ1) is 7.81. The fourth-order valence-electron chi connectivity index (χ4n) is 1.95. The Balaban J connectivity index is 2.04. The third kappa shape index (κ3) is 2.35. The predicted octanol–water partition coefficient (Wildman–Crippen LogP) is 2.64. The van der Waals surface area contributed by atoms with Crippen LogP contribution in [-0.2, 0) is 4.79 Å². The average Bonchev–Trinajstić information content (AvgIpc) is 2.74. The molecule has 1 N–H and O–H groups in total. The summed E-state index contributed by atoms with van der Waals surface area (Å²) in [6, 6.07) is 8.11. The molecule has 0 bridgehead atoms. The lowest BCUT2D eigenvalue weighted by atomic mass is 10.2. The highest BCUT2D eigenvalue weighted by Gasteiger charge is 2.21. The third-order valence-corrected chi connectivity index (χ3v) is 2.83. The van der Waals surface area contributed by atoms with Crippen molar-refractivity contribution in [3.63, 3.8) is 0 Å². The van der Waals surface area contributed by atoms with Gasteiger partial charge in [0.2, 0.25) is 5.91 Å². The van der Waals surface area contributed by atoms with Crippen LogP contribution >= 0.6 is 0 Å². The van der Waals surface area contributed by atoms with E-state index in [0.29, 0.717) is 6.42 Å². The van der Waals surface area contributed by atoms with Crippen LogP contribution in [0.5, 0.6) is 0 Å². The van der Waals surface area contributed by atoms with Crippen LogP contribution in [0.25, 0.3) is 0 Å². The van der Waals surface area contributed by atoms with Crippen molar-refractivity contribution >= 4 is 17.3 Å². The summed E-state index contributed by atoms with van der Waals surface area (Å²) in [5, 5.41) is 3.32. The maximum absolute atomic E-state index is 11.5. The normalized spacial score (nSPS) is 15.6. The lowest BCUT2D eigenvalue weighted by Crippen LogP contribution is -2.23. The summed E-state index contributed by atoms with van der Waals surface area (Å²) in [5.41, 5.74) is 2.14. The van der Waals surface area contributed by atoms with Gasteiger partial charge < -0.3 is 10.2 Å². The van der Waals surface area contributed by atoms with E-state index in [1.54, 1.807) is 0 Å². The van der Waals surface area contributed by atoms with Crippen LogP contribution in [0.4, 0.5) is 11.4 Å². The molecule has 16 heavy (non-hydrogen) atoms. The van der Waals surface area contributed by atoms with Gasteiger partial charge in [-0.1, -0.05) is 6.92 Å². The largest absolute Gasteiger partial charge is 0.385 e. The number of nitrogens with one attached hydrogen (secondary N) is 1. The highest BCUT2D eigenvalue weighted by molar-refractivity contribution is 5.95. The van der Waals surface area contributed by atoms with Gasteiger partial charge in [-0.25, -0.2) is 0 Å². The van der Waals surface area contributed by atoms with Crippen molar-refractivity contribution in [2.45, 2.75) is 26.2 Å². The average molecular weight is 218 g/mol. The molecular formula is C13H18N2O. The minimum atomic E-state index is 0.245. The number of hydrogen-bond acceptors (Lipinski definition) is 2. The summed E-state index contributed by atoms with van der Waals surface area (Å²) >= 11 is 0. The molecule has 0 radical (unpaired) electrons. The first-order valence-corrected chi connectivity index (χ1v) is 5.95. The van der Waals surface area contributed by atoms with Crippen LogP contribution in [0, 0.1) is 0 Å². The second-order valence-electron chi connectivity index (χ2n) is 4.12. The summed E-state index contributed by atoms with van der Waals surface area (Å²) in [6.45, 7) is 3.99. The summed E-state index contributed by atoms with van der Waals surface area (Å²) in [6.07, 6.45) is 2.79. The van der Waals surface area contributed by atoms with E-state index in [4.69, 9.17) is 0 Å². The molecule has 3 nitrogen and oxygen atoms in total. The lowest BCUT2D eigenvalue weighted by Gasteiger charge is -2.16. The molecule has 0 saturated carbocycles. The molecule has 1 fully saturated rings. The summed E-state index contributed by atoms with van der Waals surface area (Å²) in [4.78, 5) is 13.4. The number of hydrogen-bond donors (Lipinski definition) is 1. The Morgan fingerprint density at radius 1 is 1.31 bits per heavy atom. The molecule has 1 amide bonds. The van der Waals surface area contributed by atoms with Crippen LogP contribution in [-0.4, -0.2) is 19.0 Å². The highest BCUT2D eigenvalue weighted by atomic mass is 16.2. The molecule has 1 aliphatic heterocycles. The zero-order chi connectivity index (χ0) is 11.4. The number of carbonyl (C=O) groups is 1. The standard InChI is InChI=1S/C13H18N2O/c1-2-9-14-11-5-7-12(8-6-11)15-10-3-4-13(15)16/h5-8,14H,2-4,9-10H2,1H3. The molecule has 1 saturated heterocycles. The molecule has 0 unspecified atom stereocenters. The van der Waals surface area contributed by atoms with Gasteiger partial charge in [0, 0.05) is 30.9 Å². The molecular weight excluding hydrogens is 200 g/mol. The van der Waals surface area contributed by atoms with E-state index in [-0.39, 0.29) is 5.91 Å². The Bertz CT molecular complexity index is 359. The van der Waals surface area contributed by atoms with E-state index in [1.165, 1.54) is 0 Å². The van der Waals surface area contributed by atoms with Gasteiger partial charge >= 0.3 is 0 Å². The lowest BCUT2D eigenvalue weighted by molar-refractivity contribution is -0.117. The van der Waals surface area contributed by atoms with Crippen LogP contribution in [0.2, 0.25) is 0 Å². The zero-order valence-corrected chi connectivity index (χ0v) is 9.70. The molecule has 0 aliphatic carbocycles. The second kappa shape index (κ2) is 5.01. The first-order valence-electron chi connectivity index (χ1n) is 5.95. The predicted molar refractivity (Wildman–Crippen MR) is 66.8 cm³/mol. The van der Waals surface area contributed by atoms with Crippen molar-refractivity contribution in [3.8, 4) is 0 Å². The summed E-state index contributed by atoms with van der Waals surface area (Å²) in [5.74, 6) is 0.245. The fraction of sp³-hybridized carbons (Fsp3) is 0.462. The van der Waals surface area contributed by atoms with Gasteiger partial charge in [-0.3, -0.25) is 4.79 Å². The number of amides is 1. The van der Waals surface area contributed by atoms with Gasteiger partial charge in [-0.15, -0.1) is 0 Å². The third-order valence-electron chi connectivity index (χ3n) is 2.83. The summed E-state index contributed by atoms with van der Waals surface area (Å²) in [7, 11) is 0. The molecule has 86 valence electrons. The van der Waals surface area contributed by atoms with Crippen LogP contribution < -0.4 is 10.2 Å². The van der Waals surface area contributed by atoms with E-state index in [1.807, 2.05) is 29.2 Å². The van der Waals surface area contributed by atoms with Crippen LogP contribution in [0.3, 0.4) is 0 Å². The minimum absolute atomic E-state index is 0.245. The fourth-order valence-corrected chi connectivity index (χ4v) is 1.95. The van der Waals surface area contributed by atoms with E-state index in [9.17, 15) is 4.79 Å². The Morgan fingerprint density at radius 3 is 2.62 bits per heavy atom. The molecule has 0 aromatic heterocycles. The van der Waals surface area contributed by atoms with Crippen LogP contribution in [0.15, 0.2) is 24.3 Å². The second-order valence-corrected chi connectivity index (χ2v) is 4.12. The van der Waals surface area contributed by atoms with Crippen molar-refractivity contribution in [1.82, 2.24) is 0 Å². The monoisotopic (exact) mass is 218 g/mol. The van der Waals surface area contributed by atoms with Gasteiger partial charge in [0.15, 0.2) is 0 Å². The van der Waals surface area contributed by atoms with Gasteiger partial charge in [0.05, 0.1) is 0 Å². The molecule has 1 aromatic carbocycles. The van der Waals surface area contributed by atoms with Crippen molar-refractivity contribution in [2.24, 2.45) is 0 Å². The van der Waals surface area contributed by atoms with Crippen molar-refractivity contribution in [3.05, 3.63) is 24.3 Å². The van der Waals surface area contributed by atoms with Crippen LogP contribution in [0.1, 0.15) is 26.2 Å². The summed E-state index contributed by atoms with van der Waals surface area (Å²) < 4.78 is 0. The van der Waals surface area contributed by atoms with Gasteiger partial charge in [-0.05, 0) is 37.1 Å². The Morgan fingerprint density at radius 2 is 2.06 bits per heavy atom. The van der Waals surface area contributed by atoms with Gasteiger partial charge in [-0.2, -0.15) is 0 Å². The molecule has 1 heterocycles. The number of benzene rings is 1. The number of nitrogens with zero attached hydrogens (tertiary/aromatic N) is 1. The first kappa shape index (κ1) is 11.0. The number of anilines is 2.